The SMILES string of the molecule is Fc1ccccc1C1CC(Nc2cn[nH]c2)C1. The lowest BCUT2D eigenvalue weighted by molar-refractivity contribution is 0.363. The highest BCUT2D eigenvalue weighted by molar-refractivity contribution is 5.40. The van der Waals surface area contributed by atoms with E-state index in [0.29, 0.717) is 12.0 Å². The normalized spacial score (nSPS) is 23.1. The Hall–Kier alpha value is -1.84. The van der Waals surface area contributed by atoms with E-state index in [2.05, 4.69) is 15.5 Å². The fourth-order valence-electron chi connectivity index (χ4n) is 2.36. The molecule has 4 heteroatoms. The van der Waals surface area contributed by atoms with Gasteiger partial charge in [-0.3, -0.25) is 5.10 Å². The Morgan fingerprint density at radius 3 is 2.82 bits per heavy atom. The largest absolute Gasteiger partial charge is 0.380 e. The summed E-state index contributed by atoms with van der Waals surface area (Å²) >= 11 is 0. The van der Waals surface area contributed by atoms with Gasteiger partial charge < -0.3 is 5.32 Å². The number of H-pyrrole nitrogens is 1. The molecule has 0 unspecified atom stereocenters. The minimum atomic E-state index is -0.0840. The average Bonchev–Trinajstić information content (AvgIpc) is 2.77. The molecule has 1 fully saturated rings. The van der Waals surface area contributed by atoms with Crippen molar-refractivity contribution in [3.8, 4) is 0 Å². The van der Waals surface area contributed by atoms with Crippen LogP contribution in [0.2, 0.25) is 0 Å². The third kappa shape index (κ3) is 2.02. The number of rotatable bonds is 3. The maximum atomic E-state index is 13.5. The Balaban J connectivity index is 1.60. The third-order valence-electron chi connectivity index (χ3n) is 3.35. The maximum Gasteiger partial charge on any atom is 0.126 e. The van der Waals surface area contributed by atoms with E-state index in [1.54, 1.807) is 12.3 Å². The second kappa shape index (κ2) is 4.20. The molecular weight excluding hydrogens is 217 g/mol. The average molecular weight is 231 g/mol. The molecule has 1 aliphatic rings. The van der Waals surface area contributed by atoms with Crippen LogP contribution in [0, 0.1) is 5.82 Å². The number of aromatic nitrogens is 2. The van der Waals surface area contributed by atoms with E-state index in [-0.39, 0.29) is 5.82 Å². The van der Waals surface area contributed by atoms with Gasteiger partial charge in [-0.05, 0) is 30.4 Å². The van der Waals surface area contributed by atoms with Crippen molar-refractivity contribution >= 4 is 5.69 Å². The first kappa shape index (κ1) is 10.3. The van der Waals surface area contributed by atoms with Gasteiger partial charge in [-0.2, -0.15) is 5.10 Å². The van der Waals surface area contributed by atoms with Gasteiger partial charge >= 0.3 is 0 Å². The van der Waals surface area contributed by atoms with Crippen molar-refractivity contribution in [1.29, 1.82) is 0 Å². The molecule has 0 bridgehead atoms. The van der Waals surface area contributed by atoms with E-state index in [9.17, 15) is 4.39 Å². The lowest BCUT2D eigenvalue weighted by Gasteiger charge is -2.36. The Labute approximate surface area is 99.1 Å². The molecular formula is C13H14FN3. The quantitative estimate of drug-likeness (QED) is 0.852. The summed E-state index contributed by atoms with van der Waals surface area (Å²) in [5.74, 6) is 0.264. The van der Waals surface area contributed by atoms with Crippen LogP contribution in [0.25, 0.3) is 0 Å². The number of nitrogens with one attached hydrogen (secondary N) is 2. The van der Waals surface area contributed by atoms with Crippen LogP contribution in [0.1, 0.15) is 24.3 Å². The fourth-order valence-corrected chi connectivity index (χ4v) is 2.36. The zero-order valence-corrected chi connectivity index (χ0v) is 9.36. The van der Waals surface area contributed by atoms with Crippen LogP contribution in [-0.4, -0.2) is 16.2 Å². The first-order valence-corrected chi connectivity index (χ1v) is 5.82. The van der Waals surface area contributed by atoms with Gasteiger partial charge in [0.2, 0.25) is 0 Å². The number of benzene rings is 1. The van der Waals surface area contributed by atoms with Gasteiger partial charge in [-0.1, -0.05) is 18.2 Å². The number of hydrogen-bond donors (Lipinski definition) is 2. The van der Waals surface area contributed by atoms with E-state index in [1.807, 2.05) is 18.3 Å². The van der Waals surface area contributed by atoms with Crippen LogP contribution in [-0.2, 0) is 0 Å². The van der Waals surface area contributed by atoms with Crippen LogP contribution in [0.5, 0.6) is 0 Å². The Kier molecular flexibility index (Phi) is 2.55. The number of halogens is 1. The minimum absolute atomic E-state index is 0.0840. The second-order valence-corrected chi connectivity index (χ2v) is 4.52. The fraction of sp³-hybridized carbons (Fsp3) is 0.308. The van der Waals surface area contributed by atoms with E-state index in [0.717, 1.165) is 24.1 Å². The first-order chi connectivity index (χ1) is 8.33. The van der Waals surface area contributed by atoms with Gasteiger partial charge in [0, 0.05) is 12.2 Å². The van der Waals surface area contributed by atoms with Crippen molar-refractivity contribution < 1.29 is 4.39 Å². The summed E-state index contributed by atoms with van der Waals surface area (Å²) in [6.45, 7) is 0. The highest BCUT2D eigenvalue weighted by atomic mass is 19.1. The van der Waals surface area contributed by atoms with Crippen molar-refractivity contribution in [3.05, 3.63) is 48.0 Å². The van der Waals surface area contributed by atoms with Crippen molar-refractivity contribution in [1.82, 2.24) is 10.2 Å². The Bertz CT molecular complexity index is 489. The van der Waals surface area contributed by atoms with Gasteiger partial charge in [-0.15, -0.1) is 0 Å². The van der Waals surface area contributed by atoms with E-state index >= 15 is 0 Å². The van der Waals surface area contributed by atoms with Crippen LogP contribution in [0.4, 0.5) is 10.1 Å². The third-order valence-corrected chi connectivity index (χ3v) is 3.35. The van der Waals surface area contributed by atoms with Crippen molar-refractivity contribution in [3.63, 3.8) is 0 Å². The summed E-state index contributed by atoms with van der Waals surface area (Å²) in [6, 6.07) is 7.48. The van der Waals surface area contributed by atoms with Gasteiger partial charge in [0.1, 0.15) is 5.82 Å². The molecule has 1 heterocycles. The molecule has 0 radical (unpaired) electrons. The molecule has 3 rings (SSSR count). The molecule has 2 N–H and O–H groups in total. The Morgan fingerprint density at radius 2 is 2.12 bits per heavy atom. The van der Waals surface area contributed by atoms with E-state index < -0.39 is 0 Å². The molecule has 1 aromatic carbocycles. The van der Waals surface area contributed by atoms with Crippen LogP contribution >= 0.6 is 0 Å². The number of aromatic amines is 1. The number of anilines is 1. The van der Waals surface area contributed by atoms with Crippen molar-refractivity contribution in [2.75, 3.05) is 5.32 Å². The molecule has 0 atom stereocenters. The second-order valence-electron chi connectivity index (χ2n) is 4.52. The summed E-state index contributed by atoms with van der Waals surface area (Å²) in [6.07, 6.45) is 5.55. The van der Waals surface area contributed by atoms with E-state index in [4.69, 9.17) is 0 Å². The molecule has 0 amide bonds. The summed E-state index contributed by atoms with van der Waals surface area (Å²) in [5.41, 5.74) is 1.85. The minimum Gasteiger partial charge on any atom is -0.380 e. The molecule has 88 valence electrons. The predicted octanol–water partition coefficient (Wildman–Crippen LogP) is 2.91. The van der Waals surface area contributed by atoms with Crippen LogP contribution < -0.4 is 5.32 Å². The molecule has 1 saturated carbocycles. The van der Waals surface area contributed by atoms with Crippen LogP contribution in [0.15, 0.2) is 36.7 Å². The van der Waals surface area contributed by atoms with E-state index in [1.165, 1.54) is 6.07 Å². The maximum absolute atomic E-state index is 13.5. The smallest absolute Gasteiger partial charge is 0.126 e. The molecule has 2 aromatic rings. The lowest BCUT2D eigenvalue weighted by Crippen LogP contribution is -2.34. The van der Waals surface area contributed by atoms with Crippen molar-refractivity contribution in [2.24, 2.45) is 0 Å². The monoisotopic (exact) mass is 231 g/mol. The standard InChI is InChI=1S/C13H14FN3/c14-13-4-2-1-3-12(13)9-5-10(6-9)17-11-7-15-16-8-11/h1-4,7-10,17H,5-6H2,(H,15,16). The molecule has 3 nitrogen and oxygen atoms in total. The molecule has 0 aliphatic heterocycles. The zero-order valence-electron chi connectivity index (χ0n) is 9.36. The molecule has 0 saturated heterocycles. The van der Waals surface area contributed by atoms with Gasteiger partial charge in [0.25, 0.3) is 0 Å². The highest BCUT2D eigenvalue weighted by Gasteiger charge is 2.31. The van der Waals surface area contributed by atoms with Gasteiger partial charge in [0.15, 0.2) is 0 Å². The molecule has 17 heavy (non-hydrogen) atoms. The summed E-state index contributed by atoms with van der Waals surface area (Å²) in [5, 5.41) is 10.0. The van der Waals surface area contributed by atoms with Gasteiger partial charge in [-0.25, -0.2) is 4.39 Å². The highest BCUT2D eigenvalue weighted by Crippen LogP contribution is 2.39. The topological polar surface area (TPSA) is 40.7 Å². The number of nitrogens with zero attached hydrogens (tertiary/aromatic N) is 1. The zero-order chi connectivity index (χ0) is 11.7. The Morgan fingerprint density at radius 1 is 1.29 bits per heavy atom. The van der Waals surface area contributed by atoms with Crippen LogP contribution in [0.3, 0.4) is 0 Å². The molecule has 1 aliphatic carbocycles. The summed E-state index contributed by atoms with van der Waals surface area (Å²) in [4.78, 5) is 0. The predicted molar refractivity (Wildman–Crippen MR) is 64.4 cm³/mol. The van der Waals surface area contributed by atoms with Crippen molar-refractivity contribution in [2.45, 2.75) is 24.8 Å². The molecule has 0 spiro atoms. The summed E-state index contributed by atoms with van der Waals surface area (Å²) in [7, 11) is 0. The first-order valence-electron chi connectivity index (χ1n) is 5.82. The lowest BCUT2D eigenvalue weighted by atomic mass is 9.75. The number of hydrogen-bond acceptors (Lipinski definition) is 2. The molecule has 1 aromatic heterocycles. The summed E-state index contributed by atoms with van der Waals surface area (Å²) < 4.78 is 13.5. The van der Waals surface area contributed by atoms with Gasteiger partial charge in [0.05, 0.1) is 11.9 Å².